The van der Waals surface area contributed by atoms with Crippen molar-refractivity contribution in [3.05, 3.63) is 139 Å². The van der Waals surface area contributed by atoms with Crippen molar-refractivity contribution in [2.75, 3.05) is 7.11 Å². The molecule has 1 heterocycles. The Morgan fingerprint density at radius 1 is 0.636 bits per heavy atom. The minimum absolute atomic E-state index is 0.0328. The second-order valence-corrected chi connectivity index (χ2v) is 11.5. The first-order valence-corrected chi connectivity index (χ1v) is 14.6. The Bertz CT molecular complexity index is 1720. The lowest BCUT2D eigenvalue weighted by molar-refractivity contribution is -0.385. The Labute approximate surface area is 253 Å². The molecule has 10 nitrogen and oxygen atoms in total. The van der Waals surface area contributed by atoms with Crippen LogP contribution in [-0.4, -0.2) is 28.2 Å². The van der Waals surface area contributed by atoms with Crippen molar-refractivity contribution in [2.24, 2.45) is 5.92 Å². The number of non-ortho nitro benzene ring substituents is 3. The quantitative estimate of drug-likeness (QED) is 0.0974. The number of benzene rings is 4. The van der Waals surface area contributed by atoms with Crippen molar-refractivity contribution in [1.29, 1.82) is 0 Å². The smallest absolute Gasteiger partial charge is 0.414 e. The van der Waals surface area contributed by atoms with Crippen LogP contribution in [0.25, 0.3) is 11.0 Å². The number of nitro groups is 3. The molecular weight excluding hydrogens is 561 g/mol. The van der Waals surface area contributed by atoms with Crippen LogP contribution in [0.1, 0.15) is 43.2 Å². The van der Waals surface area contributed by atoms with Gasteiger partial charge in [0, 0.05) is 42.5 Å². The van der Waals surface area contributed by atoms with E-state index in [1.54, 1.807) is 36.4 Å². The molecule has 0 saturated heterocycles. The van der Waals surface area contributed by atoms with E-state index in [9.17, 15) is 30.3 Å². The van der Waals surface area contributed by atoms with Gasteiger partial charge in [0.1, 0.15) is 7.11 Å². The molecule has 0 unspecified atom stereocenters. The van der Waals surface area contributed by atoms with Crippen molar-refractivity contribution in [2.45, 2.75) is 32.1 Å². The fourth-order valence-corrected chi connectivity index (χ4v) is 7.35. The molecule has 6 rings (SSSR count). The van der Waals surface area contributed by atoms with E-state index in [1.807, 2.05) is 25.3 Å². The van der Waals surface area contributed by atoms with E-state index in [2.05, 4.69) is 10.4 Å². The summed E-state index contributed by atoms with van der Waals surface area (Å²) in [6, 6.07) is 27.5. The first-order valence-electron chi connectivity index (χ1n) is 14.6. The number of para-hydroxylation sites is 1. The van der Waals surface area contributed by atoms with Crippen LogP contribution in [-0.2, 0) is 4.28 Å². The van der Waals surface area contributed by atoms with Crippen molar-refractivity contribution >= 4 is 45.4 Å². The molecule has 1 aliphatic carbocycles. The third kappa shape index (κ3) is 4.70. The van der Waals surface area contributed by atoms with Crippen LogP contribution in [0.15, 0.2) is 97.1 Å². The number of allylic oxidation sites excluding steroid dienone is 1. The summed E-state index contributed by atoms with van der Waals surface area (Å²) in [5, 5.41) is 35.0. The Morgan fingerprint density at radius 2 is 1.09 bits per heavy atom. The summed E-state index contributed by atoms with van der Waals surface area (Å²) >= 11 is 0. The van der Waals surface area contributed by atoms with Crippen molar-refractivity contribution in [3.63, 3.8) is 0 Å². The van der Waals surface area contributed by atoms with Gasteiger partial charge < -0.3 is 4.28 Å². The summed E-state index contributed by atoms with van der Waals surface area (Å²) in [5.41, 5.74) is 5.26. The minimum atomic E-state index is -2.20. The van der Waals surface area contributed by atoms with Crippen LogP contribution in [0.3, 0.4) is 0 Å². The molecule has 1 fully saturated rings. The van der Waals surface area contributed by atoms with E-state index < -0.39 is 21.1 Å². The normalized spacial score (nSPS) is 16.3. The maximum atomic E-state index is 11.7. The largest absolute Gasteiger partial charge is 0.810 e. The first-order chi connectivity index (χ1) is 21.2. The van der Waals surface area contributed by atoms with Gasteiger partial charge in [-0.2, -0.15) is 0 Å². The van der Waals surface area contributed by atoms with Gasteiger partial charge in [0.05, 0.1) is 20.3 Å². The first kappa shape index (κ1) is 28.8. The molecule has 1 aliphatic heterocycles. The zero-order valence-corrected chi connectivity index (χ0v) is 24.1. The van der Waals surface area contributed by atoms with Crippen LogP contribution in [0.5, 0.6) is 5.75 Å². The molecule has 222 valence electrons. The number of fused-ring (bicyclic) bond motifs is 1. The number of rotatable bonds is 7. The standard InChI is InChI=1S/C33H30BN3O7/c1-44-31-10-6-5-9-30(31)32(23-7-3-2-4-8-23)33(24-11-17-27(18-12-24)35(38)39)34(44,25-13-19-28(20-14-25)36(40)41)26-15-21-29(22-16-26)37(42)43/h5-6,9-23H,2-4,7-8H2,1H3. The van der Waals surface area contributed by atoms with E-state index in [-0.39, 0.29) is 23.0 Å². The second kappa shape index (κ2) is 11.4. The minimum Gasteiger partial charge on any atom is -0.810 e. The predicted octanol–water partition coefficient (Wildman–Crippen LogP) is 7.11. The fourth-order valence-electron chi connectivity index (χ4n) is 7.35. The summed E-state index contributed by atoms with van der Waals surface area (Å²) in [7, 11) is 1.91. The lowest BCUT2D eigenvalue weighted by atomic mass is 9.25. The predicted molar refractivity (Wildman–Crippen MR) is 171 cm³/mol. The summed E-state index contributed by atoms with van der Waals surface area (Å²) in [6.07, 6.45) is 3.03. The van der Waals surface area contributed by atoms with Crippen LogP contribution < -0.4 is 10.9 Å². The SMILES string of the molecule is C[O+]1c2ccccc2C(C2CCCCC2)=C(c2ccc([N+](=O)[O-])cc2)[B-]1(c1ccc([N+](=O)[O-])cc1)c1ccc([N+](=O)[O-])cc1. The number of nitro benzene ring substituents is 3. The van der Waals surface area contributed by atoms with Gasteiger partial charge >= 0.3 is 6.35 Å². The number of hydrogen-bond acceptors (Lipinski definition) is 6. The molecule has 0 aromatic heterocycles. The third-order valence-corrected chi connectivity index (χ3v) is 9.30. The van der Waals surface area contributed by atoms with Crippen LogP contribution in [0, 0.1) is 36.3 Å². The monoisotopic (exact) mass is 591 g/mol. The molecule has 4 aromatic rings. The highest BCUT2D eigenvalue weighted by Gasteiger charge is 2.52. The van der Waals surface area contributed by atoms with Crippen molar-refractivity contribution < 1.29 is 19.1 Å². The third-order valence-electron chi connectivity index (χ3n) is 9.30. The summed E-state index contributed by atoms with van der Waals surface area (Å²) < 4.78 is 3.37. The lowest BCUT2D eigenvalue weighted by Gasteiger charge is -2.56. The zero-order valence-electron chi connectivity index (χ0n) is 24.1. The second-order valence-electron chi connectivity index (χ2n) is 11.5. The van der Waals surface area contributed by atoms with Gasteiger partial charge in [-0.3, -0.25) is 30.3 Å². The average molecular weight is 591 g/mol. The maximum Gasteiger partial charge on any atom is 0.414 e. The van der Waals surface area contributed by atoms with E-state index in [0.717, 1.165) is 71.0 Å². The van der Waals surface area contributed by atoms with Gasteiger partial charge in [-0.1, -0.05) is 84.4 Å². The van der Waals surface area contributed by atoms with Gasteiger partial charge in [-0.05, 0) is 24.8 Å². The molecule has 0 atom stereocenters. The molecule has 0 spiro atoms. The van der Waals surface area contributed by atoms with Gasteiger partial charge in [0.25, 0.3) is 17.1 Å². The molecule has 44 heavy (non-hydrogen) atoms. The Balaban J connectivity index is 1.77. The molecule has 2 aliphatic rings. The molecule has 11 heteroatoms. The number of hydrogen-bond donors (Lipinski definition) is 0. The Kier molecular flexibility index (Phi) is 7.46. The van der Waals surface area contributed by atoms with Gasteiger partial charge in [0.2, 0.25) is 5.75 Å². The lowest BCUT2D eigenvalue weighted by Crippen LogP contribution is -2.66. The van der Waals surface area contributed by atoms with Crippen LogP contribution >= 0.6 is 0 Å². The van der Waals surface area contributed by atoms with E-state index >= 15 is 0 Å². The Hall–Kier alpha value is -5.32. The highest BCUT2D eigenvalue weighted by molar-refractivity contribution is 7.12. The van der Waals surface area contributed by atoms with Gasteiger partial charge in [-0.25, -0.2) is 0 Å². The molecule has 0 radical (unpaired) electrons. The highest BCUT2D eigenvalue weighted by Crippen LogP contribution is 2.54. The zero-order chi connectivity index (χ0) is 31.0. The Morgan fingerprint density at radius 3 is 1.57 bits per heavy atom. The fraction of sp³-hybridized carbons (Fsp3) is 0.212. The highest BCUT2D eigenvalue weighted by atomic mass is 16.6. The van der Waals surface area contributed by atoms with Crippen molar-refractivity contribution in [3.8, 4) is 5.75 Å². The van der Waals surface area contributed by atoms with Gasteiger partial charge in [-0.15, -0.1) is 10.9 Å². The van der Waals surface area contributed by atoms with E-state index in [4.69, 9.17) is 0 Å². The molecule has 0 N–H and O–H groups in total. The molecule has 0 amide bonds. The van der Waals surface area contributed by atoms with Crippen molar-refractivity contribution in [1.82, 2.24) is 0 Å². The van der Waals surface area contributed by atoms with Gasteiger partial charge in [0.15, 0.2) is 0 Å². The number of nitrogens with zero attached hydrogens (tertiary/aromatic N) is 3. The van der Waals surface area contributed by atoms with E-state index in [0.29, 0.717) is 0 Å². The molecular formula is C33H30BN3O7. The topological polar surface area (TPSA) is 132 Å². The van der Waals surface area contributed by atoms with E-state index in [1.165, 1.54) is 36.4 Å². The van der Waals surface area contributed by atoms with Crippen LogP contribution in [0.4, 0.5) is 17.1 Å². The maximum absolute atomic E-state index is 11.7. The van der Waals surface area contributed by atoms with Crippen LogP contribution in [0.2, 0.25) is 0 Å². The molecule has 1 saturated carbocycles. The summed E-state index contributed by atoms with van der Waals surface area (Å²) in [5.74, 6) is 1.09. The summed E-state index contributed by atoms with van der Waals surface area (Å²) in [4.78, 5) is 33.7. The molecule has 0 bridgehead atoms. The average Bonchev–Trinajstić information content (AvgIpc) is 3.05. The summed E-state index contributed by atoms with van der Waals surface area (Å²) in [6.45, 7) is 0. The molecule has 4 aromatic carbocycles.